The van der Waals surface area contributed by atoms with E-state index in [0.29, 0.717) is 6.04 Å². The number of ether oxygens (including phenoxy) is 1. The monoisotopic (exact) mass is 209 g/mol. The molecule has 1 unspecified atom stereocenters. The van der Waals surface area contributed by atoms with Crippen molar-refractivity contribution in [1.29, 1.82) is 0 Å². The number of hydrogen-bond donors (Lipinski definition) is 2. The highest BCUT2D eigenvalue weighted by atomic mass is 16.5. The van der Waals surface area contributed by atoms with E-state index in [1.165, 1.54) is 0 Å². The summed E-state index contributed by atoms with van der Waals surface area (Å²) in [6, 6.07) is 6.19. The Morgan fingerprint density at radius 1 is 1.47 bits per heavy atom. The Labute approximate surface area is 91.1 Å². The average Bonchev–Trinajstić information content (AvgIpc) is 2.28. The average molecular weight is 209 g/mol. The minimum absolute atomic E-state index is 0.000794. The van der Waals surface area contributed by atoms with Gasteiger partial charge in [0.2, 0.25) is 0 Å². The molecule has 3 heteroatoms. The minimum Gasteiger partial charge on any atom is -0.496 e. The third-order valence-corrected chi connectivity index (χ3v) is 2.48. The van der Waals surface area contributed by atoms with Gasteiger partial charge >= 0.3 is 0 Å². The highest BCUT2D eigenvalue weighted by Crippen LogP contribution is 2.23. The Hall–Kier alpha value is -1.22. The lowest BCUT2D eigenvalue weighted by Gasteiger charge is -2.15. The molecule has 84 valence electrons. The van der Waals surface area contributed by atoms with Crippen molar-refractivity contribution in [2.75, 3.05) is 12.4 Å². The maximum absolute atomic E-state index is 9.16. The third kappa shape index (κ3) is 3.13. The van der Waals surface area contributed by atoms with Crippen LogP contribution in [0.25, 0.3) is 0 Å². The number of aliphatic hydroxyl groups is 1. The summed E-state index contributed by atoms with van der Waals surface area (Å²) in [6.45, 7) is 4.26. The zero-order valence-corrected chi connectivity index (χ0v) is 9.58. The molecule has 0 amide bonds. The van der Waals surface area contributed by atoms with Gasteiger partial charge in [0.15, 0.2) is 0 Å². The van der Waals surface area contributed by atoms with Gasteiger partial charge in [-0.1, -0.05) is 6.92 Å². The molecular weight excluding hydrogens is 190 g/mol. The van der Waals surface area contributed by atoms with Gasteiger partial charge in [-0.15, -0.1) is 0 Å². The van der Waals surface area contributed by atoms with E-state index in [1.807, 2.05) is 18.2 Å². The largest absolute Gasteiger partial charge is 0.496 e. The lowest BCUT2D eigenvalue weighted by atomic mass is 10.1. The SMILES string of the molecule is CCC(C)Nc1ccc(OC)c(CO)c1. The van der Waals surface area contributed by atoms with E-state index in [-0.39, 0.29) is 6.61 Å². The van der Waals surface area contributed by atoms with Gasteiger partial charge in [-0.2, -0.15) is 0 Å². The fraction of sp³-hybridized carbons (Fsp3) is 0.500. The highest BCUT2D eigenvalue weighted by molar-refractivity contribution is 5.51. The molecule has 0 aromatic heterocycles. The first-order valence-corrected chi connectivity index (χ1v) is 5.25. The molecule has 0 heterocycles. The molecule has 0 aliphatic heterocycles. The molecule has 0 spiro atoms. The molecule has 1 atom stereocenters. The summed E-state index contributed by atoms with van der Waals surface area (Å²) in [5.74, 6) is 0.729. The van der Waals surface area contributed by atoms with Gasteiger partial charge in [0.05, 0.1) is 13.7 Å². The molecule has 0 saturated heterocycles. The van der Waals surface area contributed by atoms with Gasteiger partial charge in [0.25, 0.3) is 0 Å². The topological polar surface area (TPSA) is 41.5 Å². The molecule has 0 bridgehead atoms. The molecule has 1 aromatic rings. The molecule has 0 aliphatic rings. The number of aliphatic hydroxyl groups excluding tert-OH is 1. The molecule has 1 rings (SSSR count). The van der Waals surface area contributed by atoms with Crippen molar-refractivity contribution in [1.82, 2.24) is 0 Å². The molecule has 1 aromatic carbocycles. The van der Waals surface area contributed by atoms with E-state index in [4.69, 9.17) is 9.84 Å². The van der Waals surface area contributed by atoms with Crippen molar-refractivity contribution in [2.24, 2.45) is 0 Å². The molecule has 15 heavy (non-hydrogen) atoms. The summed E-state index contributed by atoms with van der Waals surface area (Å²) >= 11 is 0. The summed E-state index contributed by atoms with van der Waals surface area (Å²) in [6.07, 6.45) is 1.07. The van der Waals surface area contributed by atoms with Crippen molar-refractivity contribution in [3.63, 3.8) is 0 Å². The predicted octanol–water partition coefficient (Wildman–Crippen LogP) is 2.40. The molecule has 0 saturated carbocycles. The van der Waals surface area contributed by atoms with Gasteiger partial charge in [-0.05, 0) is 31.5 Å². The standard InChI is InChI=1S/C12H19NO2/c1-4-9(2)13-11-5-6-12(15-3)10(7-11)8-14/h5-7,9,13-14H,4,8H2,1-3H3. The van der Waals surface area contributed by atoms with E-state index in [1.54, 1.807) is 7.11 Å². The minimum atomic E-state index is -0.000794. The van der Waals surface area contributed by atoms with Crippen LogP contribution in [0.1, 0.15) is 25.8 Å². The summed E-state index contributed by atoms with van der Waals surface area (Å²) < 4.78 is 5.13. The van der Waals surface area contributed by atoms with Gasteiger partial charge in [0, 0.05) is 17.3 Å². The summed E-state index contributed by atoms with van der Waals surface area (Å²) in [5.41, 5.74) is 1.83. The van der Waals surface area contributed by atoms with Crippen molar-refractivity contribution in [2.45, 2.75) is 32.9 Å². The van der Waals surface area contributed by atoms with Gasteiger partial charge in [-0.3, -0.25) is 0 Å². The Balaban J connectivity index is 2.83. The van der Waals surface area contributed by atoms with Crippen LogP contribution in [0, 0.1) is 0 Å². The lowest BCUT2D eigenvalue weighted by molar-refractivity contribution is 0.274. The van der Waals surface area contributed by atoms with Crippen LogP contribution in [-0.4, -0.2) is 18.3 Å². The fourth-order valence-corrected chi connectivity index (χ4v) is 1.38. The molecule has 0 aliphatic carbocycles. The van der Waals surface area contributed by atoms with E-state index >= 15 is 0 Å². The quantitative estimate of drug-likeness (QED) is 0.782. The number of anilines is 1. The van der Waals surface area contributed by atoms with Crippen LogP contribution in [0.5, 0.6) is 5.75 Å². The number of methoxy groups -OCH3 is 1. The van der Waals surface area contributed by atoms with Crippen LogP contribution in [-0.2, 0) is 6.61 Å². The van der Waals surface area contributed by atoms with E-state index in [9.17, 15) is 0 Å². The summed E-state index contributed by atoms with van der Waals surface area (Å²) in [7, 11) is 1.61. The second-order valence-electron chi connectivity index (χ2n) is 3.64. The van der Waals surface area contributed by atoms with Crippen molar-refractivity contribution in [3.05, 3.63) is 23.8 Å². The van der Waals surface area contributed by atoms with Crippen molar-refractivity contribution >= 4 is 5.69 Å². The van der Waals surface area contributed by atoms with Gasteiger partial charge < -0.3 is 15.2 Å². The lowest BCUT2D eigenvalue weighted by Crippen LogP contribution is -2.13. The smallest absolute Gasteiger partial charge is 0.124 e. The van der Waals surface area contributed by atoms with Gasteiger partial charge in [-0.25, -0.2) is 0 Å². The van der Waals surface area contributed by atoms with Crippen LogP contribution in [0.2, 0.25) is 0 Å². The van der Waals surface area contributed by atoms with E-state index in [2.05, 4.69) is 19.2 Å². The second kappa shape index (κ2) is 5.61. The molecule has 2 N–H and O–H groups in total. The molecule has 3 nitrogen and oxygen atoms in total. The predicted molar refractivity (Wildman–Crippen MR) is 62.3 cm³/mol. The Morgan fingerprint density at radius 2 is 2.20 bits per heavy atom. The molecule has 0 fully saturated rings. The molecule has 0 radical (unpaired) electrons. The number of benzene rings is 1. The maximum Gasteiger partial charge on any atom is 0.124 e. The first kappa shape index (κ1) is 11.9. The second-order valence-corrected chi connectivity index (χ2v) is 3.64. The first-order valence-electron chi connectivity index (χ1n) is 5.25. The van der Waals surface area contributed by atoms with Crippen LogP contribution >= 0.6 is 0 Å². The fourth-order valence-electron chi connectivity index (χ4n) is 1.38. The van der Waals surface area contributed by atoms with Crippen molar-refractivity contribution < 1.29 is 9.84 Å². The Bertz CT molecular complexity index is 312. The first-order chi connectivity index (χ1) is 7.21. The maximum atomic E-state index is 9.16. The van der Waals surface area contributed by atoms with Crippen LogP contribution in [0.3, 0.4) is 0 Å². The number of nitrogens with one attached hydrogen (secondary N) is 1. The summed E-state index contributed by atoms with van der Waals surface area (Å²) in [4.78, 5) is 0. The van der Waals surface area contributed by atoms with Crippen LogP contribution in [0.4, 0.5) is 5.69 Å². The van der Waals surface area contributed by atoms with Crippen LogP contribution < -0.4 is 10.1 Å². The van der Waals surface area contributed by atoms with Crippen LogP contribution in [0.15, 0.2) is 18.2 Å². The van der Waals surface area contributed by atoms with E-state index < -0.39 is 0 Å². The zero-order valence-electron chi connectivity index (χ0n) is 9.58. The summed E-state index contributed by atoms with van der Waals surface area (Å²) in [5, 5.41) is 12.5. The number of rotatable bonds is 5. The molecular formula is C12H19NO2. The zero-order chi connectivity index (χ0) is 11.3. The van der Waals surface area contributed by atoms with Crippen molar-refractivity contribution in [3.8, 4) is 5.75 Å². The van der Waals surface area contributed by atoms with E-state index in [0.717, 1.165) is 23.4 Å². The highest BCUT2D eigenvalue weighted by Gasteiger charge is 2.04. The Kier molecular flexibility index (Phi) is 4.43. The Morgan fingerprint density at radius 3 is 2.73 bits per heavy atom. The third-order valence-electron chi connectivity index (χ3n) is 2.48. The normalized spacial score (nSPS) is 12.3. The van der Waals surface area contributed by atoms with Gasteiger partial charge in [0.1, 0.15) is 5.75 Å². The number of hydrogen-bond acceptors (Lipinski definition) is 3.